The van der Waals surface area contributed by atoms with Gasteiger partial charge in [-0.05, 0) is 36.4 Å². The molecule has 0 spiro atoms. The number of rotatable bonds is 4. The lowest BCUT2D eigenvalue weighted by molar-refractivity contribution is 0.587. The standard InChI is InChI=1S/C11H9Cl2N3O2S/c12-8-4-6-9(7-5-8)19(17,18)16-15-11-3-1-2-10(13)14-11/h1-7,16H,(H,14,15). The number of halogens is 2. The molecule has 0 aliphatic rings. The van der Waals surface area contributed by atoms with Gasteiger partial charge >= 0.3 is 0 Å². The van der Waals surface area contributed by atoms with Crippen molar-refractivity contribution in [3.63, 3.8) is 0 Å². The lowest BCUT2D eigenvalue weighted by Crippen LogP contribution is -2.29. The van der Waals surface area contributed by atoms with Crippen molar-refractivity contribution in [2.24, 2.45) is 0 Å². The molecule has 0 fully saturated rings. The molecule has 1 aromatic carbocycles. The van der Waals surface area contributed by atoms with Crippen LogP contribution in [0, 0.1) is 0 Å². The van der Waals surface area contributed by atoms with E-state index in [2.05, 4.69) is 15.2 Å². The minimum atomic E-state index is -3.69. The highest BCUT2D eigenvalue weighted by atomic mass is 35.5. The predicted octanol–water partition coefficient (Wildman–Crippen LogP) is 2.69. The summed E-state index contributed by atoms with van der Waals surface area (Å²) < 4.78 is 23.8. The predicted molar refractivity (Wildman–Crippen MR) is 74.6 cm³/mol. The summed E-state index contributed by atoms with van der Waals surface area (Å²) >= 11 is 11.4. The van der Waals surface area contributed by atoms with Crippen LogP contribution in [0.3, 0.4) is 0 Å². The molecule has 0 aliphatic heterocycles. The Balaban J connectivity index is 2.12. The molecule has 2 N–H and O–H groups in total. The molecule has 0 unspecified atom stereocenters. The van der Waals surface area contributed by atoms with E-state index in [1.54, 1.807) is 18.2 Å². The number of hydrogen-bond donors (Lipinski definition) is 2. The summed E-state index contributed by atoms with van der Waals surface area (Å²) in [6.07, 6.45) is 0. The van der Waals surface area contributed by atoms with Gasteiger partial charge in [0.2, 0.25) is 0 Å². The molecule has 0 amide bonds. The van der Waals surface area contributed by atoms with Gasteiger partial charge in [-0.2, -0.15) is 0 Å². The molecule has 8 heteroatoms. The van der Waals surface area contributed by atoms with Crippen LogP contribution in [0.1, 0.15) is 0 Å². The fourth-order valence-electron chi connectivity index (χ4n) is 1.27. The van der Waals surface area contributed by atoms with E-state index in [1.165, 1.54) is 24.3 Å². The van der Waals surface area contributed by atoms with Crippen LogP contribution >= 0.6 is 23.2 Å². The lowest BCUT2D eigenvalue weighted by atomic mass is 10.4. The molecular formula is C11H9Cl2N3O2S. The van der Waals surface area contributed by atoms with E-state index in [0.717, 1.165) is 0 Å². The monoisotopic (exact) mass is 317 g/mol. The molecule has 1 heterocycles. The van der Waals surface area contributed by atoms with Gasteiger partial charge < -0.3 is 0 Å². The maximum atomic E-state index is 11.9. The van der Waals surface area contributed by atoms with Gasteiger partial charge in [0.1, 0.15) is 11.0 Å². The van der Waals surface area contributed by atoms with Crippen LogP contribution in [0.5, 0.6) is 0 Å². The Kier molecular flexibility index (Phi) is 4.26. The van der Waals surface area contributed by atoms with Gasteiger partial charge in [0.05, 0.1) is 4.90 Å². The molecular weight excluding hydrogens is 309 g/mol. The van der Waals surface area contributed by atoms with Crippen LogP contribution in [0.25, 0.3) is 0 Å². The molecule has 0 saturated carbocycles. The number of aromatic nitrogens is 1. The number of hydrazine groups is 1. The average molecular weight is 318 g/mol. The van der Waals surface area contributed by atoms with Gasteiger partial charge in [-0.3, -0.25) is 5.43 Å². The van der Waals surface area contributed by atoms with Crippen molar-refractivity contribution in [3.05, 3.63) is 52.6 Å². The fraction of sp³-hybridized carbons (Fsp3) is 0. The van der Waals surface area contributed by atoms with Crippen LogP contribution in [0.2, 0.25) is 10.2 Å². The summed E-state index contributed by atoms with van der Waals surface area (Å²) in [5.74, 6) is 0.296. The first-order chi connectivity index (χ1) is 8.97. The molecule has 19 heavy (non-hydrogen) atoms. The third-order valence-electron chi connectivity index (χ3n) is 2.15. The summed E-state index contributed by atoms with van der Waals surface area (Å²) in [6.45, 7) is 0. The molecule has 0 radical (unpaired) electrons. The van der Waals surface area contributed by atoms with Gasteiger partial charge in [-0.25, -0.2) is 13.4 Å². The van der Waals surface area contributed by atoms with E-state index in [9.17, 15) is 8.42 Å². The van der Waals surface area contributed by atoms with Crippen molar-refractivity contribution >= 4 is 39.0 Å². The average Bonchev–Trinajstić information content (AvgIpc) is 2.37. The molecule has 100 valence electrons. The maximum absolute atomic E-state index is 11.9. The SMILES string of the molecule is O=S(=O)(NNc1cccc(Cl)n1)c1ccc(Cl)cc1. The Morgan fingerprint density at radius 1 is 1.00 bits per heavy atom. The van der Waals surface area contributed by atoms with Gasteiger partial charge in [-0.1, -0.05) is 29.3 Å². The fourth-order valence-corrected chi connectivity index (χ4v) is 2.41. The van der Waals surface area contributed by atoms with Crippen molar-refractivity contribution in [1.29, 1.82) is 0 Å². The minimum Gasteiger partial charge on any atom is -0.292 e. The number of sulfonamides is 1. The Hall–Kier alpha value is -1.34. The first-order valence-electron chi connectivity index (χ1n) is 5.13. The van der Waals surface area contributed by atoms with E-state index in [1.807, 2.05) is 0 Å². The number of nitrogens with zero attached hydrogens (tertiary/aromatic N) is 1. The van der Waals surface area contributed by atoms with Crippen molar-refractivity contribution < 1.29 is 8.42 Å². The summed E-state index contributed by atoms with van der Waals surface area (Å²) in [4.78, 5) is 6.18. The molecule has 0 aliphatic carbocycles. The van der Waals surface area contributed by atoms with Crippen molar-refractivity contribution in [1.82, 2.24) is 9.82 Å². The third-order valence-corrected chi connectivity index (χ3v) is 3.88. The highest BCUT2D eigenvalue weighted by Crippen LogP contribution is 2.14. The van der Waals surface area contributed by atoms with Gasteiger partial charge in [-0.15, -0.1) is 4.83 Å². The first kappa shape index (κ1) is 14.1. The summed E-state index contributed by atoms with van der Waals surface area (Å²) in [7, 11) is -3.69. The lowest BCUT2D eigenvalue weighted by Gasteiger charge is -2.08. The maximum Gasteiger partial charge on any atom is 0.257 e. The third kappa shape index (κ3) is 3.81. The second kappa shape index (κ2) is 5.75. The van der Waals surface area contributed by atoms with E-state index >= 15 is 0 Å². The second-order valence-electron chi connectivity index (χ2n) is 3.53. The molecule has 1 aromatic heterocycles. The zero-order valence-corrected chi connectivity index (χ0v) is 11.8. The van der Waals surface area contributed by atoms with Crippen molar-refractivity contribution in [2.75, 3.05) is 5.43 Å². The smallest absolute Gasteiger partial charge is 0.257 e. The number of nitrogens with one attached hydrogen (secondary N) is 2. The second-order valence-corrected chi connectivity index (χ2v) is 6.04. The van der Waals surface area contributed by atoms with Crippen LogP contribution < -0.4 is 10.3 Å². The van der Waals surface area contributed by atoms with E-state index < -0.39 is 10.0 Å². The van der Waals surface area contributed by atoms with E-state index in [0.29, 0.717) is 10.8 Å². The van der Waals surface area contributed by atoms with Crippen LogP contribution in [0.4, 0.5) is 5.82 Å². The quantitative estimate of drug-likeness (QED) is 0.672. The largest absolute Gasteiger partial charge is 0.292 e. The van der Waals surface area contributed by atoms with Gasteiger partial charge in [0.25, 0.3) is 10.0 Å². The number of hydrogen-bond acceptors (Lipinski definition) is 4. The first-order valence-corrected chi connectivity index (χ1v) is 7.37. The van der Waals surface area contributed by atoms with Crippen molar-refractivity contribution in [2.45, 2.75) is 4.90 Å². The molecule has 0 bridgehead atoms. The van der Waals surface area contributed by atoms with Crippen molar-refractivity contribution in [3.8, 4) is 0 Å². The minimum absolute atomic E-state index is 0.0893. The zero-order chi connectivity index (χ0) is 13.9. The van der Waals surface area contributed by atoms with Crippen LogP contribution in [0.15, 0.2) is 47.4 Å². The normalized spacial score (nSPS) is 11.3. The highest BCUT2D eigenvalue weighted by molar-refractivity contribution is 7.89. The Bertz CT molecular complexity index is 675. The number of benzene rings is 1. The molecule has 2 aromatic rings. The number of anilines is 1. The Morgan fingerprint density at radius 3 is 2.32 bits per heavy atom. The molecule has 0 atom stereocenters. The molecule has 0 saturated heterocycles. The summed E-state index contributed by atoms with van der Waals surface area (Å²) in [6, 6.07) is 10.6. The van der Waals surface area contributed by atoms with E-state index in [4.69, 9.17) is 23.2 Å². The van der Waals surface area contributed by atoms with Gasteiger partial charge in [0, 0.05) is 5.02 Å². The van der Waals surface area contributed by atoms with Gasteiger partial charge in [0.15, 0.2) is 0 Å². The molecule has 2 rings (SSSR count). The summed E-state index contributed by atoms with van der Waals surface area (Å²) in [5, 5.41) is 0.721. The topological polar surface area (TPSA) is 71.1 Å². The van der Waals surface area contributed by atoms with Crippen LogP contribution in [-0.4, -0.2) is 13.4 Å². The highest BCUT2D eigenvalue weighted by Gasteiger charge is 2.13. The number of pyridine rings is 1. The van der Waals surface area contributed by atoms with Crippen LogP contribution in [-0.2, 0) is 10.0 Å². The summed E-state index contributed by atoms with van der Waals surface area (Å²) in [5.41, 5.74) is 2.47. The Labute approximate surface area is 120 Å². The Morgan fingerprint density at radius 2 is 1.68 bits per heavy atom. The molecule has 5 nitrogen and oxygen atoms in total. The van der Waals surface area contributed by atoms with E-state index in [-0.39, 0.29) is 10.0 Å². The zero-order valence-electron chi connectivity index (χ0n) is 9.47.